The quantitative estimate of drug-likeness (QED) is 0.715. The summed E-state index contributed by atoms with van der Waals surface area (Å²) >= 11 is 0. The second-order valence-electron chi connectivity index (χ2n) is 4.44. The predicted octanol–water partition coefficient (Wildman–Crippen LogP) is 2.18. The van der Waals surface area contributed by atoms with Gasteiger partial charge in [-0.25, -0.2) is 0 Å². The maximum Gasteiger partial charge on any atom is 0.247 e. The Morgan fingerprint density at radius 1 is 1.10 bits per heavy atom. The molecule has 0 radical (unpaired) electrons. The van der Waals surface area contributed by atoms with Crippen LogP contribution >= 0.6 is 0 Å². The van der Waals surface area contributed by atoms with Crippen molar-refractivity contribution in [1.82, 2.24) is 25.5 Å². The molecular weight excluding hydrogens is 254 g/mol. The summed E-state index contributed by atoms with van der Waals surface area (Å²) in [4.78, 5) is 8.50. The molecule has 0 unspecified atom stereocenters. The van der Waals surface area contributed by atoms with Gasteiger partial charge in [0.2, 0.25) is 11.8 Å². The smallest absolute Gasteiger partial charge is 0.247 e. The van der Waals surface area contributed by atoms with Crippen LogP contribution in [-0.2, 0) is 6.54 Å². The van der Waals surface area contributed by atoms with E-state index < -0.39 is 0 Å². The molecule has 1 N–H and O–H groups in total. The summed E-state index contributed by atoms with van der Waals surface area (Å²) in [6.07, 6.45) is 4.41. The number of rotatable bonds is 5. The second-order valence-corrected chi connectivity index (χ2v) is 4.44. The first-order valence-electron chi connectivity index (χ1n) is 6.61. The van der Waals surface area contributed by atoms with Crippen LogP contribution in [0.25, 0.3) is 22.5 Å². The molecule has 102 valence electrons. The number of nitrogens with zero attached hydrogens (tertiary/aromatic N) is 4. The van der Waals surface area contributed by atoms with Crippen LogP contribution in [-0.4, -0.2) is 26.7 Å². The van der Waals surface area contributed by atoms with Gasteiger partial charge in [0.25, 0.3) is 0 Å². The molecule has 0 aliphatic rings. The second kappa shape index (κ2) is 5.75. The summed E-state index contributed by atoms with van der Waals surface area (Å²) in [5, 5.41) is 11.3. The van der Waals surface area contributed by atoms with E-state index in [1.807, 2.05) is 18.2 Å². The lowest BCUT2D eigenvalue weighted by Crippen LogP contribution is -2.13. The molecule has 0 atom stereocenters. The summed E-state index contributed by atoms with van der Waals surface area (Å²) in [5.41, 5.74) is 2.52. The van der Waals surface area contributed by atoms with Gasteiger partial charge in [-0.15, -0.1) is 10.2 Å². The third kappa shape index (κ3) is 2.65. The normalized spacial score (nSPS) is 11.1. The molecule has 1 aromatic carbocycles. The molecule has 0 spiro atoms. The van der Waals surface area contributed by atoms with Crippen LogP contribution < -0.4 is 5.32 Å². The minimum atomic E-state index is 0.505. The highest BCUT2D eigenvalue weighted by Gasteiger charge is 2.09. The van der Waals surface area contributed by atoms with Crippen molar-refractivity contribution in [2.45, 2.75) is 19.9 Å². The van der Waals surface area contributed by atoms with E-state index in [0.717, 1.165) is 29.6 Å². The fraction of sp³-hybridized carbons (Fsp3) is 0.286. The largest absolute Gasteiger partial charge is 0.419 e. The Balaban J connectivity index is 1.83. The molecule has 0 fully saturated rings. The fourth-order valence-corrected chi connectivity index (χ4v) is 1.91. The van der Waals surface area contributed by atoms with Crippen LogP contribution in [0, 0.1) is 0 Å². The van der Waals surface area contributed by atoms with E-state index in [-0.39, 0.29) is 0 Å². The number of fused-ring (bicyclic) bond motifs is 1. The number of nitrogens with one attached hydrogen (secondary N) is 1. The summed E-state index contributed by atoms with van der Waals surface area (Å²) in [6, 6.07) is 5.71. The van der Waals surface area contributed by atoms with Gasteiger partial charge >= 0.3 is 0 Å². The van der Waals surface area contributed by atoms with Crippen molar-refractivity contribution in [3.8, 4) is 11.5 Å². The number of hydrogen-bond donors (Lipinski definition) is 1. The molecule has 0 aliphatic heterocycles. The molecule has 0 saturated heterocycles. The monoisotopic (exact) mass is 269 g/mol. The Morgan fingerprint density at radius 3 is 2.80 bits per heavy atom. The van der Waals surface area contributed by atoms with Gasteiger partial charge < -0.3 is 9.73 Å². The van der Waals surface area contributed by atoms with Crippen LogP contribution in [0.2, 0.25) is 0 Å². The maximum absolute atomic E-state index is 5.63. The van der Waals surface area contributed by atoms with Crippen LogP contribution in [0.1, 0.15) is 19.2 Å². The van der Waals surface area contributed by atoms with Gasteiger partial charge in [-0.05, 0) is 31.2 Å². The van der Waals surface area contributed by atoms with Gasteiger partial charge in [0.1, 0.15) is 0 Å². The molecular formula is C14H15N5O. The lowest BCUT2D eigenvalue weighted by Gasteiger charge is -1.98. The van der Waals surface area contributed by atoms with Crippen molar-refractivity contribution in [2.75, 3.05) is 6.54 Å². The molecule has 0 amide bonds. The Bertz CT molecular complexity index is 709. The molecule has 6 nitrogen and oxygen atoms in total. The molecule has 3 rings (SSSR count). The van der Waals surface area contributed by atoms with E-state index >= 15 is 0 Å². The fourth-order valence-electron chi connectivity index (χ4n) is 1.91. The van der Waals surface area contributed by atoms with E-state index in [2.05, 4.69) is 32.4 Å². The summed E-state index contributed by atoms with van der Waals surface area (Å²) < 4.78 is 5.63. The zero-order valence-electron chi connectivity index (χ0n) is 11.2. The number of aromatic nitrogens is 4. The van der Waals surface area contributed by atoms with E-state index in [9.17, 15) is 0 Å². The zero-order chi connectivity index (χ0) is 13.8. The van der Waals surface area contributed by atoms with Crippen LogP contribution in [0.3, 0.4) is 0 Å². The van der Waals surface area contributed by atoms with Crippen molar-refractivity contribution in [3.63, 3.8) is 0 Å². The van der Waals surface area contributed by atoms with Crippen LogP contribution in [0.4, 0.5) is 0 Å². The zero-order valence-corrected chi connectivity index (χ0v) is 11.2. The standard InChI is InChI=1S/C14H15N5O/c1-2-5-15-9-13-18-19-14(20-13)10-3-4-11-12(8-10)17-7-6-16-11/h3-4,6-8,15H,2,5,9H2,1H3. The van der Waals surface area contributed by atoms with E-state index in [4.69, 9.17) is 4.42 Å². The Kier molecular flexibility index (Phi) is 3.64. The third-order valence-corrected chi connectivity index (χ3v) is 2.89. The Morgan fingerprint density at radius 2 is 1.95 bits per heavy atom. The first-order valence-corrected chi connectivity index (χ1v) is 6.61. The Labute approximate surface area is 116 Å². The third-order valence-electron chi connectivity index (χ3n) is 2.89. The highest BCUT2D eigenvalue weighted by Crippen LogP contribution is 2.21. The van der Waals surface area contributed by atoms with Crippen molar-refractivity contribution >= 4 is 11.0 Å². The number of hydrogen-bond acceptors (Lipinski definition) is 6. The molecule has 0 saturated carbocycles. The molecule has 6 heteroatoms. The lowest BCUT2D eigenvalue weighted by atomic mass is 10.2. The lowest BCUT2D eigenvalue weighted by molar-refractivity contribution is 0.477. The topological polar surface area (TPSA) is 76.7 Å². The summed E-state index contributed by atoms with van der Waals surface area (Å²) in [7, 11) is 0. The van der Waals surface area contributed by atoms with E-state index in [1.54, 1.807) is 12.4 Å². The minimum Gasteiger partial charge on any atom is -0.419 e. The molecule has 2 heterocycles. The van der Waals surface area contributed by atoms with Crippen molar-refractivity contribution in [1.29, 1.82) is 0 Å². The van der Waals surface area contributed by atoms with Crippen molar-refractivity contribution in [2.24, 2.45) is 0 Å². The average Bonchev–Trinajstić information content (AvgIpc) is 2.96. The minimum absolute atomic E-state index is 0.505. The van der Waals surface area contributed by atoms with Crippen molar-refractivity contribution in [3.05, 3.63) is 36.5 Å². The van der Waals surface area contributed by atoms with Gasteiger partial charge in [0.15, 0.2) is 0 Å². The van der Waals surface area contributed by atoms with Crippen LogP contribution in [0.15, 0.2) is 35.0 Å². The van der Waals surface area contributed by atoms with Gasteiger partial charge in [-0.2, -0.15) is 0 Å². The van der Waals surface area contributed by atoms with Gasteiger partial charge in [-0.1, -0.05) is 6.92 Å². The molecule has 0 bridgehead atoms. The molecule has 0 aliphatic carbocycles. The SMILES string of the molecule is CCCNCc1nnc(-c2ccc3nccnc3c2)o1. The number of benzene rings is 1. The Hall–Kier alpha value is -2.34. The average molecular weight is 269 g/mol. The first-order chi connectivity index (χ1) is 9.86. The first kappa shape index (κ1) is 12.7. The highest BCUT2D eigenvalue weighted by molar-refractivity contribution is 5.78. The van der Waals surface area contributed by atoms with Gasteiger partial charge in [0, 0.05) is 18.0 Å². The molecule has 3 aromatic rings. The molecule has 2 aromatic heterocycles. The van der Waals surface area contributed by atoms with E-state index in [0.29, 0.717) is 18.3 Å². The van der Waals surface area contributed by atoms with Crippen molar-refractivity contribution < 1.29 is 4.42 Å². The van der Waals surface area contributed by atoms with Gasteiger partial charge in [0.05, 0.1) is 17.6 Å². The summed E-state index contributed by atoms with van der Waals surface area (Å²) in [6.45, 7) is 3.64. The van der Waals surface area contributed by atoms with E-state index in [1.165, 1.54) is 0 Å². The molecule has 20 heavy (non-hydrogen) atoms. The maximum atomic E-state index is 5.63. The highest BCUT2D eigenvalue weighted by atomic mass is 16.4. The van der Waals surface area contributed by atoms with Gasteiger partial charge in [-0.3, -0.25) is 9.97 Å². The summed E-state index contributed by atoms with van der Waals surface area (Å²) in [5.74, 6) is 1.10. The van der Waals surface area contributed by atoms with Crippen LogP contribution in [0.5, 0.6) is 0 Å². The predicted molar refractivity (Wildman–Crippen MR) is 74.8 cm³/mol.